The number of aromatic amines is 1. The Bertz CT molecular complexity index is 921. The summed E-state index contributed by atoms with van der Waals surface area (Å²) in [6.45, 7) is 1.35. The van der Waals surface area contributed by atoms with Gasteiger partial charge in [0, 0.05) is 30.8 Å². The number of aromatic nitrogens is 4. The fraction of sp³-hybridized carbons (Fsp3) is 0.278. The Hall–Kier alpha value is -2.71. The molecule has 0 spiro atoms. The maximum atomic E-state index is 14.1. The Labute approximate surface area is 159 Å². The monoisotopic (exact) mass is 389 g/mol. The molecule has 1 aliphatic rings. The first kappa shape index (κ1) is 17.7. The van der Waals surface area contributed by atoms with Crippen LogP contribution >= 0.6 is 11.6 Å². The third-order valence-electron chi connectivity index (χ3n) is 4.27. The van der Waals surface area contributed by atoms with Crippen molar-refractivity contribution in [3.63, 3.8) is 0 Å². The summed E-state index contributed by atoms with van der Waals surface area (Å²) in [7, 11) is 0. The van der Waals surface area contributed by atoms with Gasteiger partial charge in [0.25, 0.3) is 0 Å². The molecule has 7 nitrogen and oxygen atoms in total. The highest BCUT2D eigenvalue weighted by Crippen LogP contribution is 2.32. The van der Waals surface area contributed by atoms with E-state index in [1.54, 1.807) is 18.5 Å². The molecule has 0 bridgehead atoms. The standard InChI is InChI=1S/C18H17ClFN5O2/c19-12-2-1-3-13(20)14(12)17-24-15(16(21)25-17)10-8-22-18(23-9-10)27-11-4-6-26-7-5-11/h1-3,8-9,11H,4-7,21H2,(H,24,25). The first-order valence-electron chi connectivity index (χ1n) is 8.48. The van der Waals surface area contributed by atoms with Crippen molar-refractivity contribution in [2.24, 2.45) is 0 Å². The Morgan fingerprint density at radius 2 is 1.96 bits per heavy atom. The van der Waals surface area contributed by atoms with Crippen molar-refractivity contribution >= 4 is 17.4 Å². The molecule has 3 aromatic rings. The number of H-pyrrole nitrogens is 1. The lowest BCUT2D eigenvalue weighted by Crippen LogP contribution is -2.26. The molecule has 0 atom stereocenters. The number of halogens is 2. The summed E-state index contributed by atoms with van der Waals surface area (Å²) in [5.41, 5.74) is 7.18. The molecule has 1 saturated heterocycles. The molecule has 0 unspecified atom stereocenters. The lowest BCUT2D eigenvalue weighted by atomic mass is 10.2. The topological polar surface area (TPSA) is 98.9 Å². The minimum Gasteiger partial charge on any atom is -0.460 e. The quantitative estimate of drug-likeness (QED) is 0.708. The van der Waals surface area contributed by atoms with E-state index in [1.165, 1.54) is 12.1 Å². The molecular formula is C18H17ClFN5O2. The van der Waals surface area contributed by atoms with Crippen LogP contribution in [0.15, 0.2) is 30.6 Å². The Morgan fingerprint density at radius 1 is 1.22 bits per heavy atom. The average Bonchev–Trinajstić information content (AvgIpc) is 3.04. The first-order chi connectivity index (χ1) is 13.1. The Morgan fingerprint density at radius 3 is 2.67 bits per heavy atom. The molecule has 140 valence electrons. The fourth-order valence-corrected chi connectivity index (χ4v) is 3.14. The molecule has 3 heterocycles. The van der Waals surface area contributed by atoms with Crippen molar-refractivity contribution < 1.29 is 13.9 Å². The molecule has 27 heavy (non-hydrogen) atoms. The number of nitrogens with zero attached hydrogens (tertiary/aromatic N) is 3. The van der Waals surface area contributed by atoms with Crippen LogP contribution in [0.2, 0.25) is 5.02 Å². The smallest absolute Gasteiger partial charge is 0.316 e. The number of imidazole rings is 1. The highest BCUT2D eigenvalue weighted by molar-refractivity contribution is 6.33. The van der Waals surface area contributed by atoms with Crippen LogP contribution in [0.1, 0.15) is 12.8 Å². The number of nitrogen functional groups attached to an aromatic ring is 1. The van der Waals surface area contributed by atoms with Crippen molar-refractivity contribution in [1.82, 2.24) is 19.9 Å². The SMILES string of the molecule is Nc1[nH]c(-c2c(F)cccc2Cl)nc1-c1cnc(OC2CCOCC2)nc1. The molecule has 1 aromatic carbocycles. The third kappa shape index (κ3) is 3.72. The van der Waals surface area contributed by atoms with Gasteiger partial charge in [0.1, 0.15) is 29.3 Å². The van der Waals surface area contributed by atoms with Gasteiger partial charge in [-0.1, -0.05) is 17.7 Å². The molecule has 3 N–H and O–H groups in total. The van der Waals surface area contributed by atoms with Crippen LogP contribution in [-0.2, 0) is 4.74 Å². The van der Waals surface area contributed by atoms with E-state index in [9.17, 15) is 4.39 Å². The van der Waals surface area contributed by atoms with E-state index in [4.69, 9.17) is 26.8 Å². The summed E-state index contributed by atoms with van der Waals surface area (Å²) >= 11 is 6.09. The summed E-state index contributed by atoms with van der Waals surface area (Å²) in [5, 5.41) is 0.242. The van der Waals surface area contributed by atoms with Crippen molar-refractivity contribution in [3.05, 3.63) is 41.4 Å². The van der Waals surface area contributed by atoms with Crippen molar-refractivity contribution in [2.75, 3.05) is 18.9 Å². The fourth-order valence-electron chi connectivity index (χ4n) is 2.89. The van der Waals surface area contributed by atoms with E-state index in [0.29, 0.717) is 24.5 Å². The predicted molar refractivity (Wildman–Crippen MR) is 98.9 cm³/mol. The van der Waals surface area contributed by atoms with Crippen LogP contribution in [0.5, 0.6) is 6.01 Å². The van der Waals surface area contributed by atoms with Gasteiger partial charge in [0.15, 0.2) is 0 Å². The van der Waals surface area contributed by atoms with Gasteiger partial charge in [-0.2, -0.15) is 0 Å². The van der Waals surface area contributed by atoms with Crippen LogP contribution in [0.25, 0.3) is 22.6 Å². The molecule has 2 aromatic heterocycles. The van der Waals surface area contributed by atoms with E-state index in [-0.39, 0.29) is 34.3 Å². The minimum absolute atomic E-state index is 0.0508. The summed E-state index contributed by atoms with van der Waals surface area (Å²) in [6.07, 6.45) is 4.81. The van der Waals surface area contributed by atoms with Gasteiger partial charge in [-0.15, -0.1) is 0 Å². The number of hydrogen-bond acceptors (Lipinski definition) is 6. The van der Waals surface area contributed by atoms with Crippen LogP contribution in [0.3, 0.4) is 0 Å². The molecule has 0 radical (unpaired) electrons. The number of nitrogens with one attached hydrogen (secondary N) is 1. The van der Waals surface area contributed by atoms with Gasteiger partial charge in [-0.25, -0.2) is 19.3 Å². The van der Waals surface area contributed by atoms with Crippen molar-refractivity contribution in [2.45, 2.75) is 18.9 Å². The number of anilines is 1. The molecular weight excluding hydrogens is 373 g/mol. The van der Waals surface area contributed by atoms with Gasteiger partial charge in [0.05, 0.1) is 23.8 Å². The largest absolute Gasteiger partial charge is 0.460 e. The maximum Gasteiger partial charge on any atom is 0.316 e. The number of benzene rings is 1. The van der Waals surface area contributed by atoms with Gasteiger partial charge in [-0.05, 0) is 12.1 Å². The van der Waals surface area contributed by atoms with Crippen LogP contribution < -0.4 is 10.5 Å². The second-order valence-corrected chi connectivity index (χ2v) is 6.54. The average molecular weight is 390 g/mol. The van der Waals surface area contributed by atoms with Crippen LogP contribution in [-0.4, -0.2) is 39.3 Å². The molecule has 0 amide bonds. The molecule has 1 aliphatic heterocycles. The lowest BCUT2D eigenvalue weighted by Gasteiger charge is -2.21. The molecule has 9 heteroatoms. The number of hydrogen-bond donors (Lipinski definition) is 2. The summed E-state index contributed by atoms with van der Waals surface area (Å²) in [6, 6.07) is 4.71. The van der Waals surface area contributed by atoms with Crippen molar-refractivity contribution in [3.8, 4) is 28.7 Å². The Balaban J connectivity index is 1.58. The molecule has 0 aliphatic carbocycles. The summed E-state index contributed by atoms with van der Waals surface area (Å²) in [4.78, 5) is 15.7. The first-order valence-corrected chi connectivity index (χ1v) is 8.86. The van der Waals surface area contributed by atoms with Crippen LogP contribution in [0, 0.1) is 5.82 Å². The van der Waals surface area contributed by atoms with E-state index in [2.05, 4.69) is 19.9 Å². The van der Waals surface area contributed by atoms with E-state index in [0.717, 1.165) is 12.8 Å². The predicted octanol–water partition coefficient (Wildman–Crippen LogP) is 3.47. The normalized spacial score (nSPS) is 15.0. The molecule has 1 fully saturated rings. The molecule has 4 rings (SSSR count). The summed E-state index contributed by atoms with van der Waals surface area (Å²) < 4.78 is 25.2. The second-order valence-electron chi connectivity index (χ2n) is 6.13. The zero-order chi connectivity index (χ0) is 18.8. The minimum atomic E-state index is -0.487. The van der Waals surface area contributed by atoms with Gasteiger partial charge in [-0.3, -0.25) is 0 Å². The zero-order valence-electron chi connectivity index (χ0n) is 14.3. The number of rotatable bonds is 4. The van der Waals surface area contributed by atoms with Crippen LogP contribution in [0.4, 0.5) is 10.2 Å². The highest BCUT2D eigenvalue weighted by atomic mass is 35.5. The van der Waals surface area contributed by atoms with Gasteiger partial charge in [0.2, 0.25) is 0 Å². The van der Waals surface area contributed by atoms with E-state index in [1.807, 2.05) is 0 Å². The maximum absolute atomic E-state index is 14.1. The van der Waals surface area contributed by atoms with E-state index >= 15 is 0 Å². The highest BCUT2D eigenvalue weighted by Gasteiger charge is 2.19. The van der Waals surface area contributed by atoms with Gasteiger partial charge < -0.3 is 20.2 Å². The molecule has 0 saturated carbocycles. The second kappa shape index (κ2) is 7.50. The van der Waals surface area contributed by atoms with E-state index < -0.39 is 5.82 Å². The lowest BCUT2D eigenvalue weighted by molar-refractivity contribution is 0.0217. The number of nitrogens with two attached hydrogens (primary N) is 1. The number of ether oxygens (including phenoxy) is 2. The van der Waals surface area contributed by atoms with Crippen molar-refractivity contribution in [1.29, 1.82) is 0 Å². The summed E-state index contributed by atoms with van der Waals surface area (Å²) in [5.74, 6) is 0.0263. The third-order valence-corrected chi connectivity index (χ3v) is 4.59. The Kier molecular flexibility index (Phi) is 4.91. The zero-order valence-corrected chi connectivity index (χ0v) is 15.0. The van der Waals surface area contributed by atoms with Gasteiger partial charge >= 0.3 is 6.01 Å².